The predicted octanol–water partition coefficient (Wildman–Crippen LogP) is 4.80. The van der Waals surface area contributed by atoms with Gasteiger partial charge in [-0.15, -0.1) is 0 Å². The number of hydrogen-bond acceptors (Lipinski definition) is 5. The second kappa shape index (κ2) is 10.7. The number of amides is 2. The van der Waals surface area contributed by atoms with Gasteiger partial charge >= 0.3 is 0 Å². The van der Waals surface area contributed by atoms with Crippen molar-refractivity contribution < 1.29 is 18.7 Å². The van der Waals surface area contributed by atoms with Crippen LogP contribution >= 0.6 is 0 Å². The monoisotopic (exact) mass is 483 g/mol. The highest BCUT2D eigenvalue weighted by Gasteiger charge is 2.30. The minimum absolute atomic E-state index is 0.146. The summed E-state index contributed by atoms with van der Waals surface area (Å²) in [6.07, 6.45) is -0.759. The second-order valence-corrected chi connectivity index (χ2v) is 8.92. The Hall–Kier alpha value is -4.10. The molecule has 1 saturated heterocycles. The van der Waals surface area contributed by atoms with E-state index in [1.807, 2.05) is 54.6 Å². The van der Waals surface area contributed by atoms with E-state index >= 15 is 0 Å². The van der Waals surface area contributed by atoms with Gasteiger partial charge in [0.25, 0.3) is 11.8 Å². The Labute approximate surface area is 210 Å². The molecule has 2 heterocycles. The summed E-state index contributed by atoms with van der Waals surface area (Å²) in [6, 6.07) is 26.8. The van der Waals surface area contributed by atoms with E-state index in [0.717, 1.165) is 19.6 Å². The number of piperazine rings is 1. The molecular weight excluding hydrogens is 454 g/mol. The van der Waals surface area contributed by atoms with Crippen molar-refractivity contribution in [3.63, 3.8) is 0 Å². The van der Waals surface area contributed by atoms with Gasteiger partial charge in [-0.3, -0.25) is 14.5 Å². The number of carbonyl (C=O) groups excluding carboxylic acids is 2. The fraction of sp³-hybridized carbons (Fsp3) is 0.241. The summed E-state index contributed by atoms with van der Waals surface area (Å²) in [6.45, 7) is 5.24. The largest absolute Gasteiger partial charge is 0.481 e. The molecule has 0 saturated carbocycles. The zero-order chi connectivity index (χ0) is 24.9. The average molecular weight is 484 g/mol. The first-order valence-electron chi connectivity index (χ1n) is 12.2. The van der Waals surface area contributed by atoms with E-state index in [-0.39, 0.29) is 17.6 Å². The SMILES string of the molecule is C[C@H](Oc1ccccc1)C(=O)Nc1c(C(=O)N2CCN(Cc3ccccc3)CC2)oc2ccccc12. The molecule has 7 heteroatoms. The average Bonchev–Trinajstić information content (AvgIpc) is 3.28. The summed E-state index contributed by atoms with van der Waals surface area (Å²) in [5, 5.41) is 3.58. The Morgan fingerprint density at radius 1 is 0.889 bits per heavy atom. The number of carbonyl (C=O) groups is 2. The van der Waals surface area contributed by atoms with Crippen molar-refractivity contribution in [3.05, 3.63) is 96.3 Å². The van der Waals surface area contributed by atoms with Gasteiger partial charge in [-0.1, -0.05) is 60.7 Å². The van der Waals surface area contributed by atoms with E-state index < -0.39 is 6.10 Å². The number of rotatable bonds is 7. The first-order chi connectivity index (χ1) is 17.6. The molecule has 1 aromatic heterocycles. The van der Waals surface area contributed by atoms with Crippen LogP contribution in [-0.2, 0) is 11.3 Å². The third-order valence-corrected chi connectivity index (χ3v) is 6.37. The van der Waals surface area contributed by atoms with E-state index in [4.69, 9.17) is 9.15 Å². The summed E-state index contributed by atoms with van der Waals surface area (Å²) in [7, 11) is 0. The van der Waals surface area contributed by atoms with Crippen LogP contribution in [0.15, 0.2) is 89.3 Å². The Morgan fingerprint density at radius 3 is 2.25 bits per heavy atom. The summed E-state index contributed by atoms with van der Waals surface area (Å²) in [5.74, 6) is 0.166. The predicted molar refractivity (Wildman–Crippen MR) is 139 cm³/mol. The number of fused-ring (bicyclic) bond motifs is 1. The Balaban J connectivity index is 1.30. The second-order valence-electron chi connectivity index (χ2n) is 8.92. The van der Waals surface area contributed by atoms with Gasteiger partial charge in [-0.05, 0) is 36.8 Å². The van der Waals surface area contributed by atoms with Gasteiger partial charge in [0.05, 0.1) is 0 Å². The van der Waals surface area contributed by atoms with Gasteiger partial charge in [0.1, 0.15) is 17.0 Å². The number of nitrogens with one attached hydrogen (secondary N) is 1. The number of hydrogen-bond donors (Lipinski definition) is 1. The smallest absolute Gasteiger partial charge is 0.291 e. The Kier molecular flexibility index (Phi) is 7.00. The Morgan fingerprint density at radius 2 is 1.53 bits per heavy atom. The lowest BCUT2D eigenvalue weighted by atomic mass is 10.1. The van der Waals surface area contributed by atoms with Gasteiger partial charge in [0.2, 0.25) is 5.76 Å². The van der Waals surface area contributed by atoms with Crippen LogP contribution in [0.2, 0.25) is 0 Å². The van der Waals surface area contributed by atoms with Crippen LogP contribution in [0.3, 0.4) is 0 Å². The fourth-order valence-electron chi connectivity index (χ4n) is 4.40. The molecule has 7 nitrogen and oxygen atoms in total. The first kappa shape index (κ1) is 23.6. The molecule has 36 heavy (non-hydrogen) atoms. The minimum Gasteiger partial charge on any atom is -0.481 e. The molecule has 0 spiro atoms. The quantitative estimate of drug-likeness (QED) is 0.409. The van der Waals surface area contributed by atoms with Crippen LogP contribution in [0.1, 0.15) is 23.0 Å². The topological polar surface area (TPSA) is 75.0 Å². The Bertz CT molecular complexity index is 1330. The summed E-state index contributed by atoms with van der Waals surface area (Å²) >= 11 is 0. The lowest BCUT2D eigenvalue weighted by Gasteiger charge is -2.34. The van der Waals surface area contributed by atoms with Gasteiger partial charge in [0, 0.05) is 38.1 Å². The van der Waals surface area contributed by atoms with Crippen LogP contribution in [0.5, 0.6) is 5.75 Å². The van der Waals surface area contributed by atoms with Gasteiger partial charge in [0.15, 0.2) is 6.10 Å². The van der Waals surface area contributed by atoms with Gasteiger partial charge < -0.3 is 19.4 Å². The summed E-state index contributed by atoms with van der Waals surface area (Å²) < 4.78 is 11.7. The molecule has 1 aliphatic heterocycles. The molecule has 1 atom stereocenters. The van der Waals surface area contributed by atoms with E-state index in [1.165, 1.54) is 5.56 Å². The third-order valence-electron chi connectivity index (χ3n) is 6.37. The highest BCUT2D eigenvalue weighted by atomic mass is 16.5. The highest BCUT2D eigenvalue weighted by Crippen LogP contribution is 2.32. The molecule has 0 unspecified atom stereocenters. The molecule has 0 bridgehead atoms. The van der Waals surface area contributed by atoms with E-state index in [9.17, 15) is 9.59 Å². The molecule has 1 N–H and O–H groups in total. The van der Waals surface area contributed by atoms with E-state index in [1.54, 1.807) is 30.0 Å². The van der Waals surface area contributed by atoms with Crippen LogP contribution in [0, 0.1) is 0 Å². The summed E-state index contributed by atoms with van der Waals surface area (Å²) in [4.78, 5) is 30.7. The molecule has 2 amide bonds. The van der Waals surface area contributed by atoms with Crippen molar-refractivity contribution in [1.29, 1.82) is 0 Å². The maximum Gasteiger partial charge on any atom is 0.291 e. The first-order valence-corrected chi connectivity index (χ1v) is 12.2. The molecule has 5 rings (SSSR count). The van der Waals surface area contributed by atoms with Crippen LogP contribution in [0.25, 0.3) is 11.0 Å². The van der Waals surface area contributed by atoms with E-state index in [2.05, 4.69) is 22.3 Å². The van der Waals surface area contributed by atoms with Gasteiger partial charge in [-0.2, -0.15) is 0 Å². The third kappa shape index (κ3) is 5.26. The zero-order valence-electron chi connectivity index (χ0n) is 20.2. The van der Waals surface area contributed by atoms with E-state index in [0.29, 0.717) is 35.5 Å². The minimum atomic E-state index is -0.759. The van der Waals surface area contributed by atoms with Crippen molar-refractivity contribution in [3.8, 4) is 5.75 Å². The molecule has 1 fully saturated rings. The molecule has 0 radical (unpaired) electrons. The molecule has 184 valence electrons. The normalized spacial score (nSPS) is 15.0. The van der Waals surface area contributed by atoms with Crippen LogP contribution in [-0.4, -0.2) is 53.9 Å². The van der Waals surface area contributed by atoms with Crippen molar-refractivity contribution in [1.82, 2.24) is 9.80 Å². The van der Waals surface area contributed by atoms with Crippen molar-refractivity contribution in [2.75, 3.05) is 31.5 Å². The van der Waals surface area contributed by atoms with Crippen molar-refractivity contribution >= 4 is 28.5 Å². The number of anilines is 1. The van der Waals surface area contributed by atoms with Crippen LogP contribution < -0.4 is 10.1 Å². The maximum absolute atomic E-state index is 13.5. The fourth-order valence-corrected chi connectivity index (χ4v) is 4.40. The number of benzene rings is 3. The lowest BCUT2D eigenvalue weighted by molar-refractivity contribution is -0.122. The molecule has 3 aromatic carbocycles. The molecule has 0 aliphatic carbocycles. The number of para-hydroxylation sites is 2. The van der Waals surface area contributed by atoms with Crippen molar-refractivity contribution in [2.24, 2.45) is 0 Å². The van der Waals surface area contributed by atoms with Crippen LogP contribution in [0.4, 0.5) is 5.69 Å². The maximum atomic E-state index is 13.5. The standard InChI is InChI=1S/C29H29N3O4/c1-21(35-23-12-6-3-7-13-23)28(33)30-26-24-14-8-9-15-25(24)36-27(26)29(34)32-18-16-31(17-19-32)20-22-10-4-2-5-11-22/h2-15,21H,16-20H2,1H3,(H,30,33)/t21-/m0/s1. The number of ether oxygens (including phenoxy) is 1. The zero-order valence-corrected chi connectivity index (χ0v) is 20.2. The van der Waals surface area contributed by atoms with Gasteiger partial charge in [-0.25, -0.2) is 0 Å². The summed E-state index contributed by atoms with van der Waals surface area (Å²) in [5.41, 5.74) is 2.19. The molecule has 4 aromatic rings. The number of nitrogens with zero attached hydrogens (tertiary/aromatic N) is 2. The highest BCUT2D eigenvalue weighted by molar-refractivity contribution is 6.11. The van der Waals surface area contributed by atoms with Crippen molar-refractivity contribution in [2.45, 2.75) is 19.6 Å². The lowest BCUT2D eigenvalue weighted by Crippen LogP contribution is -2.48. The number of furan rings is 1. The molecule has 1 aliphatic rings. The molecular formula is C29H29N3O4.